The molecule has 0 saturated heterocycles. The molecule has 96 valence electrons. The van der Waals surface area contributed by atoms with Gasteiger partial charge in [0.2, 0.25) is 0 Å². The number of rotatable bonds is 5. The summed E-state index contributed by atoms with van der Waals surface area (Å²) in [6.07, 6.45) is 3.95. The van der Waals surface area contributed by atoms with Crippen LogP contribution in [-0.4, -0.2) is 16.7 Å². The van der Waals surface area contributed by atoms with Gasteiger partial charge in [-0.15, -0.1) is 0 Å². The molecule has 0 unspecified atom stereocenters. The lowest BCUT2D eigenvalue weighted by Gasteiger charge is -2.08. The van der Waals surface area contributed by atoms with Gasteiger partial charge in [-0.1, -0.05) is 0 Å². The summed E-state index contributed by atoms with van der Waals surface area (Å²) < 4.78 is 0. The molecular weight excluding hydrogens is 226 g/mol. The summed E-state index contributed by atoms with van der Waals surface area (Å²) in [6.45, 7) is 2.93. The minimum Gasteiger partial charge on any atom is -0.397 e. The highest BCUT2D eigenvalue weighted by Crippen LogP contribution is 2.19. The minimum atomic E-state index is 0.616. The van der Waals surface area contributed by atoms with E-state index in [1.165, 1.54) is 5.56 Å². The first kappa shape index (κ1) is 12.3. The molecule has 0 saturated carbocycles. The number of aromatic nitrogens is 2. The summed E-state index contributed by atoms with van der Waals surface area (Å²) in [4.78, 5) is 0. The summed E-state index contributed by atoms with van der Waals surface area (Å²) in [5, 5.41) is 10.3. The zero-order valence-electron chi connectivity index (χ0n) is 10.5. The van der Waals surface area contributed by atoms with Crippen LogP contribution in [0.25, 0.3) is 0 Å². The van der Waals surface area contributed by atoms with Crippen LogP contribution in [0.4, 0.5) is 17.1 Å². The van der Waals surface area contributed by atoms with Gasteiger partial charge in [0.15, 0.2) is 0 Å². The third kappa shape index (κ3) is 2.94. The topological polar surface area (TPSA) is 92.8 Å². The van der Waals surface area contributed by atoms with Crippen molar-refractivity contribution in [2.45, 2.75) is 19.8 Å². The molecule has 0 atom stereocenters. The number of hydrogen-bond acceptors (Lipinski definition) is 4. The first-order valence-electron chi connectivity index (χ1n) is 6.04. The number of nitrogens with two attached hydrogens (primary N) is 2. The van der Waals surface area contributed by atoms with E-state index < -0.39 is 0 Å². The number of H-pyrrole nitrogens is 1. The van der Waals surface area contributed by atoms with Gasteiger partial charge in [-0.05, 0) is 43.5 Å². The van der Waals surface area contributed by atoms with Gasteiger partial charge >= 0.3 is 0 Å². The van der Waals surface area contributed by atoms with E-state index in [0.717, 1.165) is 30.8 Å². The average Bonchev–Trinajstić information content (AvgIpc) is 2.75. The smallest absolute Gasteiger partial charge is 0.0568 e. The van der Waals surface area contributed by atoms with E-state index in [4.69, 9.17) is 11.5 Å². The van der Waals surface area contributed by atoms with Crippen molar-refractivity contribution in [1.29, 1.82) is 0 Å². The molecule has 0 bridgehead atoms. The molecule has 1 heterocycles. The van der Waals surface area contributed by atoms with Crippen LogP contribution in [0.2, 0.25) is 0 Å². The van der Waals surface area contributed by atoms with E-state index >= 15 is 0 Å². The van der Waals surface area contributed by atoms with Crippen LogP contribution in [0.3, 0.4) is 0 Å². The summed E-state index contributed by atoms with van der Waals surface area (Å²) in [5.41, 5.74) is 16.1. The third-order valence-electron chi connectivity index (χ3n) is 2.97. The van der Waals surface area contributed by atoms with Gasteiger partial charge in [0.1, 0.15) is 0 Å². The molecule has 6 N–H and O–H groups in total. The van der Waals surface area contributed by atoms with E-state index in [0.29, 0.717) is 11.4 Å². The van der Waals surface area contributed by atoms with Crippen molar-refractivity contribution >= 4 is 17.1 Å². The van der Waals surface area contributed by atoms with Crippen molar-refractivity contribution in [2.24, 2.45) is 0 Å². The van der Waals surface area contributed by atoms with Crippen molar-refractivity contribution in [3.8, 4) is 0 Å². The van der Waals surface area contributed by atoms with Crippen molar-refractivity contribution in [3.05, 3.63) is 35.7 Å². The second-order valence-electron chi connectivity index (χ2n) is 4.39. The molecule has 18 heavy (non-hydrogen) atoms. The fourth-order valence-corrected chi connectivity index (χ4v) is 1.82. The highest BCUT2D eigenvalue weighted by molar-refractivity contribution is 5.69. The Morgan fingerprint density at radius 3 is 2.78 bits per heavy atom. The molecule has 0 spiro atoms. The van der Waals surface area contributed by atoms with Crippen LogP contribution >= 0.6 is 0 Å². The lowest BCUT2D eigenvalue weighted by molar-refractivity contribution is 0.857. The van der Waals surface area contributed by atoms with E-state index in [2.05, 4.69) is 15.5 Å². The van der Waals surface area contributed by atoms with Gasteiger partial charge in [-0.2, -0.15) is 5.10 Å². The molecule has 1 aromatic carbocycles. The number of nitrogens with one attached hydrogen (secondary N) is 2. The maximum Gasteiger partial charge on any atom is 0.0568 e. The van der Waals surface area contributed by atoms with Gasteiger partial charge in [0.25, 0.3) is 0 Å². The van der Waals surface area contributed by atoms with Crippen LogP contribution in [-0.2, 0) is 6.42 Å². The molecule has 0 aliphatic carbocycles. The summed E-state index contributed by atoms with van der Waals surface area (Å²) in [5.74, 6) is 0. The first-order valence-corrected chi connectivity index (χ1v) is 6.04. The quantitative estimate of drug-likeness (QED) is 0.478. The Balaban J connectivity index is 1.78. The fraction of sp³-hybridized carbons (Fsp3) is 0.308. The monoisotopic (exact) mass is 245 g/mol. The lowest BCUT2D eigenvalue weighted by atomic mass is 10.1. The molecule has 5 heteroatoms. The maximum absolute atomic E-state index is 5.74. The number of hydrogen-bond donors (Lipinski definition) is 4. The zero-order valence-corrected chi connectivity index (χ0v) is 10.5. The van der Waals surface area contributed by atoms with E-state index in [1.807, 2.05) is 31.3 Å². The highest BCUT2D eigenvalue weighted by atomic mass is 15.1. The largest absolute Gasteiger partial charge is 0.397 e. The molecule has 5 nitrogen and oxygen atoms in total. The summed E-state index contributed by atoms with van der Waals surface area (Å²) >= 11 is 0. The van der Waals surface area contributed by atoms with E-state index in [9.17, 15) is 0 Å². The van der Waals surface area contributed by atoms with Crippen molar-refractivity contribution < 1.29 is 0 Å². The SMILES string of the molecule is Cc1[nH]ncc1CCCNc1ccc(N)c(N)c1. The molecule has 0 fully saturated rings. The summed E-state index contributed by atoms with van der Waals surface area (Å²) in [7, 11) is 0. The zero-order chi connectivity index (χ0) is 13.0. The van der Waals surface area contributed by atoms with Gasteiger partial charge in [0, 0.05) is 17.9 Å². The van der Waals surface area contributed by atoms with Gasteiger partial charge in [-0.3, -0.25) is 5.10 Å². The molecule has 0 radical (unpaired) electrons. The van der Waals surface area contributed by atoms with Crippen LogP contribution in [0.5, 0.6) is 0 Å². The van der Waals surface area contributed by atoms with E-state index in [1.54, 1.807) is 0 Å². The van der Waals surface area contributed by atoms with E-state index in [-0.39, 0.29) is 0 Å². The standard InChI is InChI=1S/C13H19N5/c1-9-10(8-17-18-9)3-2-6-16-11-4-5-12(14)13(15)7-11/h4-5,7-8,16H,2-3,6,14-15H2,1H3,(H,17,18). The van der Waals surface area contributed by atoms with Crippen molar-refractivity contribution in [2.75, 3.05) is 23.3 Å². The van der Waals surface area contributed by atoms with Gasteiger partial charge in [0.05, 0.1) is 17.6 Å². The molecule has 1 aromatic heterocycles. The third-order valence-corrected chi connectivity index (χ3v) is 2.97. The average molecular weight is 245 g/mol. The normalized spacial score (nSPS) is 10.5. The number of nitrogen functional groups attached to an aromatic ring is 2. The van der Waals surface area contributed by atoms with Crippen LogP contribution in [0.1, 0.15) is 17.7 Å². The second kappa shape index (κ2) is 5.44. The predicted octanol–water partition coefficient (Wildman–Crippen LogP) is 1.93. The minimum absolute atomic E-state index is 0.616. The number of benzene rings is 1. The molecule has 0 aliphatic heterocycles. The predicted molar refractivity (Wildman–Crippen MR) is 75.4 cm³/mol. The Morgan fingerprint density at radius 2 is 2.11 bits per heavy atom. The van der Waals surface area contributed by atoms with Crippen molar-refractivity contribution in [3.63, 3.8) is 0 Å². The molecular formula is C13H19N5. The highest BCUT2D eigenvalue weighted by Gasteiger charge is 2.00. The molecule has 0 aliphatic rings. The first-order chi connectivity index (χ1) is 8.66. The Bertz CT molecular complexity index is 518. The molecule has 2 aromatic rings. The van der Waals surface area contributed by atoms with Crippen LogP contribution < -0.4 is 16.8 Å². The maximum atomic E-state index is 5.74. The lowest BCUT2D eigenvalue weighted by Crippen LogP contribution is -2.04. The van der Waals surface area contributed by atoms with Crippen LogP contribution in [0, 0.1) is 6.92 Å². The number of aryl methyl sites for hydroxylation is 2. The molecule has 2 rings (SSSR count). The Hall–Kier alpha value is -2.17. The fourth-order valence-electron chi connectivity index (χ4n) is 1.82. The van der Waals surface area contributed by atoms with Gasteiger partial charge < -0.3 is 16.8 Å². The Labute approximate surface area is 107 Å². The number of anilines is 3. The van der Waals surface area contributed by atoms with Crippen molar-refractivity contribution in [1.82, 2.24) is 10.2 Å². The number of aromatic amines is 1. The van der Waals surface area contributed by atoms with Gasteiger partial charge in [-0.25, -0.2) is 0 Å². The Kier molecular flexibility index (Phi) is 3.72. The second-order valence-corrected chi connectivity index (χ2v) is 4.39. The molecule has 0 amide bonds. The number of nitrogens with zero attached hydrogens (tertiary/aromatic N) is 1. The summed E-state index contributed by atoms with van der Waals surface area (Å²) in [6, 6.07) is 5.62. The van der Waals surface area contributed by atoms with Crippen LogP contribution in [0.15, 0.2) is 24.4 Å². The Morgan fingerprint density at radius 1 is 1.28 bits per heavy atom.